The number of anilines is 1. The SMILES string of the molecule is CC(C)(C)OC(=O)Nc1cnn(COCC[Si](C)(C)C)c1-c1cc(Cl)ccc1OC(F)F. The van der Waals surface area contributed by atoms with Crippen molar-refractivity contribution in [2.24, 2.45) is 0 Å². The van der Waals surface area contributed by atoms with Crippen LogP contribution in [0.25, 0.3) is 11.3 Å². The maximum Gasteiger partial charge on any atom is 0.412 e. The smallest absolute Gasteiger partial charge is 0.412 e. The average molecular weight is 490 g/mol. The molecule has 2 aromatic rings. The molecule has 11 heteroatoms. The summed E-state index contributed by atoms with van der Waals surface area (Å²) < 4.78 is 43.2. The highest BCUT2D eigenvalue weighted by Crippen LogP contribution is 2.38. The van der Waals surface area contributed by atoms with Gasteiger partial charge in [0.2, 0.25) is 0 Å². The molecule has 0 saturated carbocycles. The number of halogens is 3. The number of nitrogens with zero attached hydrogens (tertiary/aromatic N) is 2. The van der Waals surface area contributed by atoms with E-state index in [1.54, 1.807) is 20.8 Å². The predicted molar refractivity (Wildman–Crippen MR) is 123 cm³/mol. The molecule has 0 atom stereocenters. The summed E-state index contributed by atoms with van der Waals surface area (Å²) in [5, 5.41) is 7.20. The van der Waals surface area contributed by atoms with Crippen molar-refractivity contribution < 1.29 is 27.8 Å². The third kappa shape index (κ3) is 8.40. The lowest BCUT2D eigenvalue weighted by atomic mass is 10.1. The summed E-state index contributed by atoms with van der Waals surface area (Å²) in [6.07, 6.45) is 0.685. The Bertz CT molecular complexity index is 927. The maximum absolute atomic E-state index is 13.0. The zero-order valence-corrected chi connectivity index (χ0v) is 20.9. The van der Waals surface area contributed by atoms with Gasteiger partial charge in [0.1, 0.15) is 18.1 Å². The highest BCUT2D eigenvalue weighted by atomic mass is 35.5. The summed E-state index contributed by atoms with van der Waals surface area (Å²) in [7, 11) is -1.30. The Morgan fingerprint density at radius 3 is 2.56 bits per heavy atom. The number of hydrogen-bond acceptors (Lipinski definition) is 5. The first-order valence-electron chi connectivity index (χ1n) is 10.1. The van der Waals surface area contributed by atoms with Crippen LogP contribution in [0.15, 0.2) is 24.4 Å². The van der Waals surface area contributed by atoms with Gasteiger partial charge in [-0.05, 0) is 45.0 Å². The number of aromatic nitrogens is 2. The van der Waals surface area contributed by atoms with Gasteiger partial charge in [-0.1, -0.05) is 31.2 Å². The van der Waals surface area contributed by atoms with Crippen LogP contribution in [0.2, 0.25) is 30.7 Å². The van der Waals surface area contributed by atoms with Crippen molar-refractivity contribution in [3.05, 3.63) is 29.4 Å². The molecule has 1 aromatic heterocycles. The molecule has 0 radical (unpaired) electrons. The zero-order valence-electron chi connectivity index (χ0n) is 19.2. The zero-order chi connectivity index (χ0) is 24.1. The third-order valence-electron chi connectivity index (χ3n) is 4.10. The molecule has 0 saturated heterocycles. The van der Waals surface area contributed by atoms with Gasteiger partial charge in [-0.2, -0.15) is 13.9 Å². The van der Waals surface area contributed by atoms with E-state index in [0.717, 1.165) is 6.04 Å². The Kier molecular flexibility index (Phi) is 8.66. The van der Waals surface area contributed by atoms with Crippen molar-refractivity contribution >= 4 is 31.5 Å². The Morgan fingerprint density at radius 2 is 1.97 bits per heavy atom. The minimum Gasteiger partial charge on any atom is -0.444 e. The van der Waals surface area contributed by atoms with E-state index in [1.165, 1.54) is 29.1 Å². The Morgan fingerprint density at radius 1 is 1.28 bits per heavy atom. The van der Waals surface area contributed by atoms with Crippen LogP contribution in [-0.4, -0.2) is 42.8 Å². The Balaban J connectivity index is 2.41. The minimum atomic E-state index is -3.04. The quantitative estimate of drug-likeness (QED) is 0.323. The summed E-state index contributed by atoms with van der Waals surface area (Å²) in [6.45, 7) is 9.44. The summed E-state index contributed by atoms with van der Waals surface area (Å²) in [5.74, 6) is -0.111. The molecule has 0 aliphatic rings. The van der Waals surface area contributed by atoms with E-state index in [2.05, 4.69) is 34.8 Å². The Hall–Kier alpha value is -2.17. The van der Waals surface area contributed by atoms with Crippen LogP contribution in [0, 0.1) is 0 Å². The van der Waals surface area contributed by atoms with E-state index >= 15 is 0 Å². The van der Waals surface area contributed by atoms with Gasteiger partial charge in [-0.15, -0.1) is 0 Å². The molecule has 0 bridgehead atoms. The number of hydrogen-bond donors (Lipinski definition) is 1. The van der Waals surface area contributed by atoms with Gasteiger partial charge < -0.3 is 14.2 Å². The monoisotopic (exact) mass is 489 g/mol. The number of alkyl halides is 2. The second-order valence-electron chi connectivity index (χ2n) is 9.40. The van der Waals surface area contributed by atoms with Gasteiger partial charge in [-0.3, -0.25) is 5.32 Å². The lowest BCUT2D eigenvalue weighted by molar-refractivity contribution is -0.0495. The lowest BCUT2D eigenvalue weighted by Crippen LogP contribution is -2.27. The molecule has 0 aliphatic carbocycles. The molecule has 1 N–H and O–H groups in total. The van der Waals surface area contributed by atoms with Crippen LogP contribution in [-0.2, 0) is 16.2 Å². The summed E-state index contributed by atoms with van der Waals surface area (Å²) in [5.41, 5.74) is 0.0619. The second-order valence-corrected chi connectivity index (χ2v) is 15.5. The van der Waals surface area contributed by atoms with Gasteiger partial charge in [-0.25, -0.2) is 9.48 Å². The van der Waals surface area contributed by atoms with Crippen LogP contribution < -0.4 is 10.1 Å². The van der Waals surface area contributed by atoms with Gasteiger partial charge in [0.25, 0.3) is 0 Å². The molecule has 1 heterocycles. The fourth-order valence-corrected chi connectivity index (χ4v) is 3.62. The largest absolute Gasteiger partial charge is 0.444 e. The molecule has 0 fully saturated rings. The van der Waals surface area contributed by atoms with Crippen LogP contribution in [0.4, 0.5) is 19.3 Å². The maximum atomic E-state index is 13.0. The predicted octanol–water partition coefficient (Wildman–Crippen LogP) is 6.46. The molecule has 0 spiro atoms. The first kappa shape index (κ1) is 26.1. The van der Waals surface area contributed by atoms with E-state index in [0.29, 0.717) is 17.3 Å². The first-order valence-corrected chi connectivity index (χ1v) is 14.2. The van der Waals surface area contributed by atoms with Gasteiger partial charge in [0.05, 0.1) is 17.6 Å². The highest BCUT2D eigenvalue weighted by molar-refractivity contribution is 6.76. The fraction of sp³-hybridized carbons (Fsp3) is 0.524. The molecular weight excluding hydrogens is 460 g/mol. The number of carbonyl (C=O) groups excluding carboxylic acids is 1. The lowest BCUT2D eigenvalue weighted by Gasteiger charge is -2.20. The van der Waals surface area contributed by atoms with Crippen LogP contribution in [0.3, 0.4) is 0 Å². The van der Waals surface area contributed by atoms with Crippen LogP contribution in [0.1, 0.15) is 20.8 Å². The fourth-order valence-electron chi connectivity index (χ4n) is 2.69. The molecule has 1 aromatic carbocycles. The highest BCUT2D eigenvalue weighted by Gasteiger charge is 2.23. The number of carbonyl (C=O) groups is 1. The molecule has 0 aliphatic heterocycles. The molecule has 2 rings (SSSR count). The standard InChI is InChI=1S/C21H30ClF2N3O4Si/c1-21(2,3)31-20(28)26-16-12-25-27(13-29-9-10-32(4,5)6)18(16)15-11-14(22)7-8-17(15)30-19(23)24/h7-8,11-12,19H,9-10,13H2,1-6H3,(H,26,28). The number of ether oxygens (including phenoxy) is 3. The molecule has 32 heavy (non-hydrogen) atoms. The molecule has 7 nitrogen and oxygen atoms in total. The molecule has 178 valence electrons. The van der Waals surface area contributed by atoms with E-state index in [4.69, 9.17) is 21.1 Å². The topological polar surface area (TPSA) is 74.6 Å². The van der Waals surface area contributed by atoms with E-state index in [9.17, 15) is 13.6 Å². The summed E-state index contributed by atoms with van der Waals surface area (Å²) >= 11 is 6.13. The summed E-state index contributed by atoms with van der Waals surface area (Å²) in [4.78, 5) is 12.3. The van der Waals surface area contributed by atoms with Crippen LogP contribution >= 0.6 is 11.6 Å². The first-order chi connectivity index (χ1) is 14.7. The minimum absolute atomic E-state index is 0.0520. The van der Waals surface area contributed by atoms with Crippen molar-refractivity contribution in [3.8, 4) is 17.0 Å². The number of rotatable bonds is 9. The average Bonchev–Trinajstić information content (AvgIpc) is 2.99. The molecular formula is C21H30ClF2N3O4Si. The van der Waals surface area contributed by atoms with Crippen molar-refractivity contribution in [3.63, 3.8) is 0 Å². The molecule has 0 unspecified atom stereocenters. The third-order valence-corrected chi connectivity index (χ3v) is 6.04. The van der Waals surface area contributed by atoms with E-state index < -0.39 is 26.4 Å². The second kappa shape index (κ2) is 10.6. The molecule has 1 amide bonds. The van der Waals surface area contributed by atoms with Gasteiger partial charge >= 0.3 is 12.7 Å². The van der Waals surface area contributed by atoms with E-state index in [1.807, 2.05) is 0 Å². The van der Waals surface area contributed by atoms with E-state index in [-0.39, 0.29) is 23.7 Å². The van der Waals surface area contributed by atoms with Gasteiger partial charge in [0, 0.05) is 25.3 Å². The Labute approximate surface area is 193 Å². The van der Waals surface area contributed by atoms with Gasteiger partial charge in [0.15, 0.2) is 0 Å². The normalized spacial score (nSPS) is 12.2. The summed E-state index contributed by atoms with van der Waals surface area (Å²) in [6, 6.07) is 5.19. The number of nitrogens with one attached hydrogen (secondary N) is 1. The van der Waals surface area contributed by atoms with Crippen molar-refractivity contribution in [2.75, 3.05) is 11.9 Å². The van der Waals surface area contributed by atoms with Crippen molar-refractivity contribution in [1.29, 1.82) is 0 Å². The number of amides is 1. The van der Waals surface area contributed by atoms with Crippen molar-refractivity contribution in [2.45, 2.75) is 65.4 Å². The van der Waals surface area contributed by atoms with Crippen LogP contribution in [0.5, 0.6) is 5.75 Å². The van der Waals surface area contributed by atoms with Crippen molar-refractivity contribution in [1.82, 2.24) is 9.78 Å². The number of benzene rings is 1.